The van der Waals surface area contributed by atoms with Crippen LogP contribution in [0.3, 0.4) is 0 Å². The molecule has 0 saturated carbocycles. The van der Waals surface area contributed by atoms with Crippen molar-refractivity contribution in [1.82, 2.24) is 9.62 Å². The quantitative estimate of drug-likeness (QED) is 0.577. The first-order valence-corrected chi connectivity index (χ1v) is 9.42. The normalized spacial score (nSPS) is 10.9. The fourth-order valence-corrected chi connectivity index (χ4v) is 3.07. The monoisotopic (exact) mass is 388 g/mol. The van der Waals surface area contributed by atoms with Gasteiger partial charge >= 0.3 is 5.97 Å². The third-order valence-electron chi connectivity index (χ3n) is 3.54. The molecule has 26 heavy (non-hydrogen) atoms. The van der Waals surface area contributed by atoms with Gasteiger partial charge in [0.05, 0.1) is 19.1 Å². The molecular formula is C16H24N2O7S. The summed E-state index contributed by atoms with van der Waals surface area (Å²) in [6.45, 7) is 3.58. The van der Waals surface area contributed by atoms with Crippen LogP contribution < -0.4 is 14.2 Å². The van der Waals surface area contributed by atoms with E-state index in [1.54, 1.807) is 13.8 Å². The van der Waals surface area contributed by atoms with Crippen molar-refractivity contribution in [2.45, 2.75) is 18.7 Å². The lowest BCUT2D eigenvalue weighted by atomic mass is 10.3. The summed E-state index contributed by atoms with van der Waals surface area (Å²) >= 11 is 0. The molecule has 0 heterocycles. The zero-order valence-corrected chi connectivity index (χ0v) is 16.1. The van der Waals surface area contributed by atoms with Crippen molar-refractivity contribution in [2.75, 3.05) is 40.5 Å². The third-order valence-corrected chi connectivity index (χ3v) is 4.94. The molecule has 0 radical (unpaired) electrons. The summed E-state index contributed by atoms with van der Waals surface area (Å²) in [5, 5.41) is 0. The van der Waals surface area contributed by atoms with E-state index in [9.17, 15) is 18.0 Å². The maximum Gasteiger partial charge on any atom is 0.321 e. The number of rotatable bonds is 10. The Kier molecular flexibility index (Phi) is 8.33. The maximum atomic E-state index is 12.3. The molecule has 0 bridgehead atoms. The molecule has 0 saturated heterocycles. The highest BCUT2D eigenvalue weighted by atomic mass is 32.2. The Hall–Kier alpha value is -2.33. The van der Waals surface area contributed by atoms with Crippen LogP contribution in [-0.4, -0.2) is 65.7 Å². The van der Waals surface area contributed by atoms with E-state index >= 15 is 0 Å². The van der Waals surface area contributed by atoms with Crippen LogP contribution in [0.1, 0.15) is 13.8 Å². The smallest absolute Gasteiger partial charge is 0.321 e. The number of methoxy groups -OCH3 is 2. The van der Waals surface area contributed by atoms with Gasteiger partial charge in [-0.2, -0.15) is 4.72 Å². The number of hydrogen-bond acceptors (Lipinski definition) is 7. The van der Waals surface area contributed by atoms with Gasteiger partial charge in [0.1, 0.15) is 6.54 Å². The fourth-order valence-electron chi connectivity index (χ4n) is 2.08. The van der Waals surface area contributed by atoms with E-state index < -0.39 is 29.1 Å². The minimum Gasteiger partial charge on any atom is -0.493 e. The number of hydrogen-bond donors (Lipinski definition) is 1. The molecule has 146 valence electrons. The summed E-state index contributed by atoms with van der Waals surface area (Å²) in [5.74, 6) is -0.579. The number of carbonyl (C=O) groups is 2. The van der Waals surface area contributed by atoms with Gasteiger partial charge in [-0.15, -0.1) is 0 Å². The molecule has 0 atom stereocenters. The highest BCUT2D eigenvalue weighted by Gasteiger charge is 2.19. The lowest BCUT2D eigenvalue weighted by Gasteiger charge is -2.18. The highest BCUT2D eigenvalue weighted by molar-refractivity contribution is 7.89. The van der Waals surface area contributed by atoms with E-state index in [1.807, 2.05) is 0 Å². The summed E-state index contributed by atoms with van der Waals surface area (Å²) in [5.41, 5.74) is 0. The van der Waals surface area contributed by atoms with Crippen LogP contribution in [0.2, 0.25) is 0 Å². The number of esters is 1. The second kappa shape index (κ2) is 9.97. The van der Waals surface area contributed by atoms with Crippen LogP contribution >= 0.6 is 0 Å². The predicted molar refractivity (Wildman–Crippen MR) is 93.6 cm³/mol. The lowest BCUT2D eigenvalue weighted by molar-refractivity contribution is -0.150. The average molecular weight is 388 g/mol. The molecule has 0 aliphatic rings. The van der Waals surface area contributed by atoms with Crippen LogP contribution in [0.5, 0.6) is 11.5 Å². The number of carbonyl (C=O) groups excluding carboxylic acids is 2. The number of nitrogens with zero attached hydrogens (tertiary/aromatic N) is 1. The van der Waals surface area contributed by atoms with Crippen molar-refractivity contribution >= 4 is 21.9 Å². The molecule has 1 aromatic carbocycles. The molecular weight excluding hydrogens is 364 g/mol. The molecule has 0 unspecified atom stereocenters. The van der Waals surface area contributed by atoms with Gasteiger partial charge < -0.3 is 19.1 Å². The Morgan fingerprint density at radius 2 is 1.69 bits per heavy atom. The number of sulfonamides is 1. The van der Waals surface area contributed by atoms with Gasteiger partial charge in [-0.25, -0.2) is 8.42 Å². The van der Waals surface area contributed by atoms with Gasteiger partial charge in [0.25, 0.3) is 5.91 Å². The Labute approximate surface area is 153 Å². The minimum atomic E-state index is -3.96. The second-order valence-electron chi connectivity index (χ2n) is 5.07. The van der Waals surface area contributed by atoms with Crippen LogP contribution in [0.25, 0.3) is 0 Å². The molecule has 1 aromatic rings. The van der Waals surface area contributed by atoms with Gasteiger partial charge in [0, 0.05) is 19.2 Å². The minimum absolute atomic E-state index is 0.0952. The molecule has 10 heteroatoms. The summed E-state index contributed by atoms with van der Waals surface area (Å²) in [4.78, 5) is 24.8. The molecule has 0 aromatic heterocycles. The summed E-state index contributed by atoms with van der Waals surface area (Å²) in [6, 6.07) is 4.03. The highest BCUT2D eigenvalue weighted by Crippen LogP contribution is 2.29. The molecule has 9 nitrogen and oxygen atoms in total. The van der Waals surface area contributed by atoms with Crippen molar-refractivity contribution in [1.29, 1.82) is 0 Å². The first-order chi connectivity index (χ1) is 12.3. The molecule has 1 N–H and O–H groups in total. The first-order valence-electron chi connectivity index (χ1n) is 7.94. The van der Waals surface area contributed by atoms with E-state index in [0.29, 0.717) is 18.8 Å². The Bertz CT molecular complexity index is 730. The summed E-state index contributed by atoms with van der Waals surface area (Å²) in [6.07, 6.45) is 0. The average Bonchev–Trinajstić information content (AvgIpc) is 2.65. The number of amides is 1. The predicted octanol–water partition coefficient (Wildman–Crippen LogP) is 0.394. The zero-order valence-electron chi connectivity index (χ0n) is 15.3. The summed E-state index contributed by atoms with van der Waals surface area (Å²) in [7, 11) is -1.15. The zero-order chi connectivity index (χ0) is 19.7. The van der Waals surface area contributed by atoms with Crippen molar-refractivity contribution < 1.29 is 32.2 Å². The molecule has 0 aliphatic carbocycles. The van der Waals surface area contributed by atoms with Gasteiger partial charge in [-0.05, 0) is 26.0 Å². The molecule has 1 rings (SSSR count). The van der Waals surface area contributed by atoms with Gasteiger partial charge in [0.2, 0.25) is 10.0 Å². The first kappa shape index (κ1) is 21.7. The topological polar surface area (TPSA) is 111 Å². The van der Waals surface area contributed by atoms with Crippen molar-refractivity contribution in [3.05, 3.63) is 18.2 Å². The van der Waals surface area contributed by atoms with E-state index in [0.717, 1.165) is 0 Å². The van der Waals surface area contributed by atoms with Crippen molar-refractivity contribution in [3.63, 3.8) is 0 Å². The van der Waals surface area contributed by atoms with Crippen LogP contribution in [-0.2, 0) is 24.3 Å². The molecule has 1 amide bonds. The molecule has 0 spiro atoms. The van der Waals surface area contributed by atoms with E-state index in [4.69, 9.17) is 14.2 Å². The second-order valence-corrected chi connectivity index (χ2v) is 6.84. The standard InChI is InChI=1S/C16H24N2O7S/c1-5-18(6-2)15(19)11-25-16(20)10-17-26(21,22)12-7-8-13(23-3)14(9-12)24-4/h7-9,17H,5-6,10-11H2,1-4H3. The number of ether oxygens (including phenoxy) is 3. The van der Waals surface area contributed by atoms with Crippen molar-refractivity contribution in [3.8, 4) is 11.5 Å². The third kappa shape index (κ3) is 5.88. The Morgan fingerprint density at radius 1 is 1.08 bits per heavy atom. The van der Waals surface area contributed by atoms with E-state index in [-0.39, 0.29) is 16.6 Å². The van der Waals surface area contributed by atoms with Crippen LogP contribution in [0.15, 0.2) is 23.1 Å². The van der Waals surface area contributed by atoms with Gasteiger partial charge in [-0.1, -0.05) is 0 Å². The largest absolute Gasteiger partial charge is 0.493 e. The lowest BCUT2D eigenvalue weighted by Crippen LogP contribution is -2.36. The van der Waals surface area contributed by atoms with E-state index in [1.165, 1.54) is 37.3 Å². The summed E-state index contributed by atoms with van der Waals surface area (Å²) < 4.78 is 41.5. The van der Waals surface area contributed by atoms with Gasteiger partial charge in [-0.3, -0.25) is 9.59 Å². The van der Waals surface area contributed by atoms with Crippen LogP contribution in [0.4, 0.5) is 0 Å². The molecule has 0 fully saturated rings. The maximum absolute atomic E-state index is 12.3. The number of benzene rings is 1. The number of likely N-dealkylation sites (N-methyl/N-ethyl adjacent to an activating group) is 1. The van der Waals surface area contributed by atoms with E-state index in [2.05, 4.69) is 4.72 Å². The number of nitrogens with one attached hydrogen (secondary N) is 1. The van der Waals surface area contributed by atoms with Crippen molar-refractivity contribution in [2.24, 2.45) is 0 Å². The van der Waals surface area contributed by atoms with Gasteiger partial charge in [0.15, 0.2) is 18.1 Å². The van der Waals surface area contributed by atoms with Crippen LogP contribution in [0, 0.1) is 0 Å². The SMILES string of the molecule is CCN(CC)C(=O)COC(=O)CNS(=O)(=O)c1ccc(OC)c(OC)c1. The Morgan fingerprint density at radius 3 is 2.23 bits per heavy atom. The molecule has 0 aliphatic heterocycles. The Balaban J connectivity index is 2.65. The fraction of sp³-hybridized carbons (Fsp3) is 0.500.